The second-order valence-electron chi connectivity index (χ2n) is 5.20. The standard InChI is InChI=1S/C14H25N3O2/c1-3-6-15-13(12-5-9-19-11-12)10-17-8-7-16(4-2)14(17)18/h7-8,12-13,15H,3-6,9-11H2,1-2H3. The monoisotopic (exact) mass is 267 g/mol. The topological polar surface area (TPSA) is 48.2 Å². The third kappa shape index (κ3) is 3.48. The van der Waals surface area contributed by atoms with Crippen molar-refractivity contribution in [3.05, 3.63) is 22.9 Å². The molecule has 2 rings (SSSR count). The van der Waals surface area contributed by atoms with Crippen molar-refractivity contribution in [2.45, 2.75) is 45.8 Å². The summed E-state index contributed by atoms with van der Waals surface area (Å²) in [5, 5.41) is 3.57. The molecule has 5 heteroatoms. The summed E-state index contributed by atoms with van der Waals surface area (Å²) in [4.78, 5) is 12.1. The van der Waals surface area contributed by atoms with Gasteiger partial charge in [-0.05, 0) is 26.3 Å². The van der Waals surface area contributed by atoms with Crippen molar-refractivity contribution in [2.24, 2.45) is 5.92 Å². The van der Waals surface area contributed by atoms with E-state index < -0.39 is 0 Å². The van der Waals surface area contributed by atoms with Gasteiger partial charge in [-0.1, -0.05) is 6.92 Å². The second-order valence-corrected chi connectivity index (χ2v) is 5.20. The number of hydrogen-bond donors (Lipinski definition) is 1. The first-order chi connectivity index (χ1) is 9.26. The number of rotatable bonds is 7. The van der Waals surface area contributed by atoms with E-state index in [1.54, 1.807) is 4.57 Å². The van der Waals surface area contributed by atoms with Gasteiger partial charge in [0.15, 0.2) is 0 Å². The maximum absolute atomic E-state index is 12.1. The number of nitrogens with zero attached hydrogens (tertiary/aromatic N) is 2. The number of imidazole rings is 1. The highest BCUT2D eigenvalue weighted by Gasteiger charge is 2.26. The van der Waals surface area contributed by atoms with Gasteiger partial charge in [-0.25, -0.2) is 4.79 Å². The van der Waals surface area contributed by atoms with Crippen LogP contribution in [0.1, 0.15) is 26.7 Å². The third-order valence-electron chi connectivity index (χ3n) is 3.84. The second kappa shape index (κ2) is 6.91. The summed E-state index contributed by atoms with van der Waals surface area (Å²) in [6.45, 7) is 8.26. The molecule has 1 aliphatic heterocycles. The predicted octanol–water partition coefficient (Wildman–Crippen LogP) is 1.07. The van der Waals surface area contributed by atoms with Gasteiger partial charge in [-0.15, -0.1) is 0 Å². The van der Waals surface area contributed by atoms with Crippen LogP contribution in [-0.2, 0) is 17.8 Å². The fourth-order valence-electron chi connectivity index (χ4n) is 2.63. The number of hydrogen-bond acceptors (Lipinski definition) is 3. The molecule has 1 N–H and O–H groups in total. The summed E-state index contributed by atoms with van der Waals surface area (Å²) in [5.41, 5.74) is 0.0877. The van der Waals surface area contributed by atoms with Crippen molar-refractivity contribution in [3.63, 3.8) is 0 Å². The van der Waals surface area contributed by atoms with Crippen LogP contribution in [0.2, 0.25) is 0 Å². The summed E-state index contributed by atoms with van der Waals surface area (Å²) in [7, 11) is 0. The van der Waals surface area contributed by atoms with Crippen LogP contribution in [0.25, 0.3) is 0 Å². The normalized spacial score (nSPS) is 20.8. The predicted molar refractivity (Wildman–Crippen MR) is 75.4 cm³/mol. The molecule has 5 nitrogen and oxygen atoms in total. The zero-order valence-electron chi connectivity index (χ0n) is 12.0. The fraction of sp³-hybridized carbons (Fsp3) is 0.786. The molecule has 1 aliphatic rings. The summed E-state index contributed by atoms with van der Waals surface area (Å²) < 4.78 is 9.03. The van der Waals surface area contributed by atoms with E-state index in [1.165, 1.54) is 0 Å². The van der Waals surface area contributed by atoms with E-state index in [4.69, 9.17) is 4.74 Å². The first kappa shape index (κ1) is 14.3. The molecule has 0 radical (unpaired) electrons. The van der Waals surface area contributed by atoms with E-state index in [0.29, 0.717) is 12.0 Å². The van der Waals surface area contributed by atoms with Crippen molar-refractivity contribution < 1.29 is 4.74 Å². The molecule has 2 heterocycles. The van der Waals surface area contributed by atoms with Crippen LogP contribution in [0.15, 0.2) is 17.2 Å². The maximum atomic E-state index is 12.1. The number of ether oxygens (including phenoxy) is 1. The van der Waals surface area contributed by atoms with Gasteiger partial charge >= 0.3 is 5.69 Å². The fourth-order valence-corrected chi connectivity index (χ4v) is 2.63. The average molecular weight is 267 g/mol. The Kier molecular flexibility index (Phi) is 5.22. The van der Waals surface area contributed by atoms with Crippen molar-refractivity contribution in [2.75, 3.05) is 19.8 Å². The molecule has 19 heavy (non-hydrogen) atoms. The highest BCUT2D eigenvalue weighted by molar-refractivity contribution is 4.86. The Balaban J connectivity index is 2.05. The van der Waals surface area contributed by atoms with Crippen molar-refractivity contribution in [3.8, 4) is 0 Å². The van der Waals surface area contributed by atoms with E-state index in [1.807, 2.05) is 23.9 Å². The SMILES string of the molecule is CCCNC(Cn1ccn(CC)c1=O)C1CCOC1. The first-order valence-electron chi connectivity index (χ1n) is 7.33. The molecule has 0 amide bonds. The molecule has 0 aliphatic carbocycles. The third-order valence-corrected chi connectivity index (χ3v) is 3.84. The summed E-state index contributed by atoms with van der Waals surface area (Å²) >= 11 is 0. The number of aromatic nitrogens is 2. The van der Waals surface area contributed by atoms with Crippen LogP contribution >= 0.6 is 0 Å². The Bertz CT molecular complexity index is 432. The largest absolute Gasteiger partial charge is 0.381 e. The quantitative estimate of drug-likeness (QED) is 0.804. The van der Waals surface area contributed by atoms with Gasteiger partial charge in [0, 0.05) is 44.0 Å². The minimum Gasteiger partial charge on any atom is -0.381 e. The van der Waals surface area contributed by atoms with E-state index in [9.17, 15) is 4.79 Å². The van der Waals surface area contributed by atoms with Crippen molar-refractivity contribution >= 4 is 0 Å². The van der Waals surface area contributed by atoms with Crippen LogP contribution < -0.4 is 11.0 Å². The first-order valence-corrected chi connectivity index (χ1v) is 7.33. The molecule has 2 atom stereocenters. The van der Waals surface area contributed by atoms with Gasteiger partial charge in [0.1, 0.15) is 0 Å². The number of aryl methyl sites for hydroxylation is 1. The van der Waals surface area contributed by atoms with Crippen LogP contribution in [0.4, 0.5) is 0 Å². The molecule has 1 aromatic heterocycles. The molecule has 1 aromatic rings. The summed E-state index contributed by atoms with van der Waals surface area (Å²) in [6, 6.07) is 0.327. The smallest absolute Gasteiger partial charge is 0.328 e. The average Bonchev–Trinajstić information content (AvgIpc) is 3.05. The minimum atomic E-state index is 0.0877. The highest BCUT2D eigenvalue weighted by Crippen LogP contribution is 2.17. The Morgan fingerprint density at radius 2 is 2.21 bits per heavy atom. The van der Waals surface area contributed by atoms with Gasteiger partial charge in [0.2, 0.25) is 0 Å². The van der Waals surface area contributed by atoms with E-state index in [2.05, 4.69) is 12.2 Å². The summed E-state index contributed by atoms with van der Waals surface area (Å²) in [5.74, 6) is 0.517. The minimum absolute atomic E-state index is 0.0877. The lowest BCUT2D eigenvalue weighted by atomic mass is 9.99. The van der Waals surface area contributed by atoms with E-state index >= 15 is 0 Å². The molecule has 1 fully saturated rings. The maximum Gasteiger partial charge on any atom is 0.328 e. The van der Waals surface area contributed by atoms with Gasteiger partial charge in [0.25, 0.3) is 0 Å². The van der Waals surface area contributed by atoms with Crippen LogP contribution in [0.3, 0.4) is 0 Å². The Hall–Kier alpha value is -1.07. The molecule has 0 spiro atoms. The van der Waals surface area contributed by atoms with E-state index in [0.717, 1.165) is 45.7 Å². The molecule has 0 bridgehead atoms. The molecule has 0 aromatic carbocycles. The van der Waals surface area contributed by atoms with Gasteiger partial charge in [0.05, 0.1) is 6.61 Å². The van der Waals surface area contributed by atoms with Crippen molar-refractivity contribution in [1.29, 1.82) is 0 Å². The zero-order chi connectivity index (χ0) is 13.7. The Labute approximate surface area is 114 Å². The van der Waals surface area contributed by atoms with Crippen LogP contribution in [-0.4, -0.2) is 34.9 Å². The number of nitrogens with one attached hydrogen (secondary N) is 1. The van der Waals surface area contributed by atoms with Crippen molar-refractivity contribution in [1.82, 2.24) is 14.5 Å². The highest BCUT2D eigenvalue weighted by atomic mass is 16.5. The van der Waals surface area contributed by atoms with Gasteiger partial charge in [-0.3, -0.25) is 9.13 Å². The van der Waals surface area contributed by atoms with Gasteiger partial charge < -0.3 is 10.1 Å². The van der Waals surface area contributed by atoms with E-state index in [-0.39, 0.29) is 5.69 Å². The van der Waals surface area contributed by atoms with Crippen LogP contribution in [0, 0.1) is 5.92 Å². The molecule has 1 saturated heterocycles. The lowest BCUT2D eigenvalue weighted by Gasteiger charge is -2.23. The molecule has 0 saturated carbocycles. The zero-order valence-corrected chi connectivity index (χ0v) is 12.0. The Morgan fingerprint density at radius 3 is 2.79 bits per heavy atom. The van der Waals surface area contributed by atoms with Crippen LogP contribution in [0.5, 0.6) is 0 Å². The lowest BCUT2D eigenvalue weighted by Crippen LogP contribution is -2.42. The Morgan fingerprint density at radius 1 is 1.42 bits per heavy atom. The van der Waals surface area contributed by atoms with Gasteiger partial charge in [-0.2, -0.15) is 0 Å². The molecular weight excluding hydrogens is 242 g/mol. The molecular formula is C14H25N3O2. The lowest BCUT2D eigenvalue weighted by molar-refractivity contribution is 0.173. The summed E-state index contributed by atoms with van der Waals surface area (Å²) in [6.07, 6.45) is 5.95. The molecule has 2 unspecified atom stereocenters. The molecule has 108 valence electrons.